The Morgan fingerprint density at radius 3 is 1.45 bits per heavy atom. The number of nitrogens with two attached hydrogens (primary N) is 1. The van der Waals surface area contributed by atoms with Crippen LogP contribution in [0.25, 0.3) is 0 Å². The van der Waals surface area contributed by atoms with Crippen molar-refractivity contribution in [3.05, 3.63) is 65.2 Å². The quantitative estimate of drug-likeness (QED) is 0.591. The van der Waals surface area contributed by atoms with Crippen LogP contribution in [0.2, 0.25) is 0 Å². The number of benzene rings is 2. The minimum absolute atomic E-state index is 0.845. The van der Waals surface area contributed by atoms with E-state index in [-0.39, 0.29) is 0 Å². The maximum absolute atomic E-state index is 5.53. The molecule has 0 spiro atoms. The number of hydrogen-bond donors (Lipinski definition) is 1. The van der Waals surface area contributed by atoms with Gasteiger partial charge in [-0.3, -0.25) is 0 Å². The van der Waals surface area contributed by atoms with Gasteiger partial charge in [0, 0.05) is 5.69 Å². The molecule has 0 radical (unpaired) electrons. The smallest absolute Gasteiger partial charge is 0.0316 e. The van der Waals surface area contributed by atoms with Crippen molar-refractivity contribution in [1.29, 1.82) is 0 Å². The lowest BCUT2D eigenvalue weighted by Crippen LogP contribution is -1.86. The minimum atomic E-state index is 0.845. The van der Waals surface area contributed by atoms with Crippen molar-refractivity contribution in [3.63, 3.8) is 0 Å². The van der Waals surface area contributed by atoms with Crippen LogP contribution in [-0.2, 0) is 0 Å². The van der Waals surface area contributed by atoms with Crippen LogP contribution in [0.15, 0.2) is 48.5 Å². The van der Waals surface area contributed by atoms with Crippen molar-refractivity contribution < 1.29 is 0 Å². The summed E-state index contributed by atoms with van der Waals surface area (Å²) in [6.07, 6.45) is 0. The van der Waals surface area contributed by atoms with Crippen LogP contribution in [0.4, 0.5) is 5.69 Å². The lowest BCUT2D eigenvalue weighted by atomic mass is 10.1. The number of rotatable bonds is 0. The van der Waals surface area contributed by atoms with Gasteiger partial charge in [0.2, 0.25) is 0 Å². The predicted molar refractivity (Wildman–Crippen MR) is 94.2 cm³/mol. The van der Waals surface area contributed by atoms with Crippen molar-refractivity contribution in [2.75, 3.05) is 5.73 Å². The average Bonchev–Trinajstić information content (AvgIpc) is 2.49. The maximum atomic E-state index is 5.53. The number of nitrogen functional groups attached to an aromatic ring is 1. The molecule has 0 aliphatic carbocycles. The monoisotopic (exact) mass is 273 g/mol. The molecule has 2 aromatic rings. The summed E-state index contributed by atoms with van der Waals surface area (Å²) in [4.78, 5) is 0. The molecule has 0 aliphatic heterocycles. The Labute approximate surface area is 125 Å². The highest BCUT2D eigenvalue weighted by molar-refractivity contribution is 5.43. The van der Waals surface area contributed by atoms with Crippen LogP contribution in [-0.4, -0.2) is 0 Å². The standard InChI is InChI=1S/C8H11N.C7H8.2C2H6/c1-6-3-4-8(9)5-7(6)2;1-7-5-3-2-4-6-7;2*1-2/h3-5H,9H2,1-2H3;2-6H,1H3;2*1-2H3. The second-order valence-electron chi connectivity index (χ2n) is 4.00. The Balaban J connectivity index is 0. The zero-order valence-electron chi connectivity index (χ0n) is 14.2. The molecule has 0 heterocycles. The normalized spacial score (nSPS) is 7.95. The molecule has 0 aliphatic rings. The van der Waals surface area contributed by atoms with Gasteiger partial charge in [-0.25, -0.2) is 0 Å². The molecule has 0 unspecified atom stereocenters. The topological polar surface area (TPSA) is 26.0 Å². The Hall–Kier alpha value is -1.76. The Kier molecular flexibility index (Phi) is 14.0. The molecule has 2 rings (SSSR count). The molecular weight excluding hydrogens is 242 g/mol. The van der Waals surface area contributed by atoms with Gasteiger partial charge in [-0.1, -0.05) is 69.7 Å². The summed E-state index contributed by atoms with van der Waals surface area (Å²) < 4.78 is 0. The minimum Gasteiger partial charge on any atom is -0.399 e. The van der Waals surface area contributed by atoms with Crippen molar-refractivity contribution in [3.8, 4) is 0 Å². The Morgan fingerprint density at radius 1 is 0.650 bits per heavy atom. The molecule has 112 valence electrons. The molecule has 0 saturated heterocycles. The van der Waals surface area contributed by atoms with E-state index in [1.54, 1.807) is 0 Å². The predicted octanol–water partition coefficient (Wildman–Crippen LogP) is 5.93. The van der Waals surface area contributed by atoms with Crippen molar-refractivity contribution in [2.24, 2.45) is 0 Å². The molecule has 0 aromatic heterocycles. The van der Waals surface area contributed by atoms with E-state index in [0.717, 1.165) is 5.69 Å². The van der Waals surface area contributed by atoms with E-state index in [4.69, 9.17) is 5.73 Å². The van der Waals surface area contributed by atoms with Crippen LogP contribution in [0.5, 0.6) is 0 Å². The van der Waals surface area contributed by atoms with Gasteiger partial charge in [0.1, 0.15) is 0 Å². The highest BCUT2D eigenvalue weighted by Crippen LogP contribution is 2.09. The van der Waals surface area contributed by atoms with Gasteiger partial charge in [-0.05, 0) is 44.0 Å². The molecule has 0 saturated carbocycles. The van der Waals surface area contributed by atoms with Crippen LogP contribution < -0.4 is 5.73 Å². The lowest BCUT2D eigenvalue weighted by Gasteiger charge is -1.98. The Morgan fingerprint density at radius 2 is 1.15 bits per heavy atom. The van der Waals surface area contributed by atoms with Crippen LogP contribution in [0.3, 0.4) is 0 Å². The van der Waals surface area contributed by atoms with Crippen LogP contribution >= 0.6 is 0 Å². The zero-order chi connectivity index (χ0) is 16.0. The summed E-state index contributed by atoms with van der Waals surface area (Å²) in [6, 6.07) is 16.2. The second-order valence-corrected chi connectivity index (χ2v) is 4.00. The van der Waals surface area contributed by atoms with Gasteiger partial charge in [-0.15, -0.1) is 0 Å². The summed E-state index contributed by atoms with van der Waals surface area (Å²) in [7, 11) is 0. The molecule has 1 heteroatoms. The number of aryl methyl sites for hydroxylation is 3. The van der Waals surface area contributed by atoms with Crippen molar-refractivity contribution >= 4 is 5.69 Å². The summed E-state index contributed by atoms with van der Waals surface area (Å²) in [5.41, 5.74) is 10.2. The van der Waals surface area contributed by atoms with E-state index in [0.29, 0.717) is 0 Å². The van der Waals surface area contributed by atoms with E-state index < -0.39 is 0 Å². The van der Waals surface area contributed by atoms with Crippen molar-refractivity contribution in [2.45, 2.75) is 48.5 Å². The van der Waals surface area contributed by atoms with E-state index in [2.05, 4.69) is 32.9 Å². The van der Waals surface area contributed by atoms with Crippen LogP contribution in [0, 0.1) is 20.8 Å². The van der Waals surface area contributed by atoms with Gasteiger partial charge in [0.05, 0.1) is 0 Å². The zero-order valence-corrected chi connectivity index (χ0v) is 14.2. The third-order valence-electron chi connectivity index (χ3n) is 2.47. The first-order chi connectivity index (χ1) is 9.59. The first kappa shape index (κ1) is 20.6. The van der Waals surface area contributed by atoms with Crippen molar-refractivity contribution in [1.82, 2.24) is 0 Å². The largest absolute Gasteiger partial charge is 0.399 e. The molecule has 0 atom stereocenters. The van der Waals surface area contributed by atoms with E-state index in [9.17, 15) is 0 Å². The molecular formula is C19H31N. The first-order valence-corrected chi connectivity index (χ1v) is 7.44. The molecule has 0 amide bonds. The highest BCUT2D eigenvalue weighted by Gasteiger charge is 1.89. The second kappa shape index (κ2) is 13.7. The lowest BCUT2D eigenvalue weighted by molar-refractivity contribution is 1.34. The van der Waals surface area contributed by atoms with Crippen LogP contribution in [0.1, 0.15) is 44.4 Å². The fraction of sp³-hybridized carbons (Fsp3) is 0.368. The fourth-order valence-electron chi connectivity index (χ4n) is 1.30. The summed E-state index contributed by atoms with van der Waals surface area (Å²) in [5, 5.41) is 0. The first-order valence-electron chi connectivity index (χ1n) is 7.44. The summed E-state index contributed by atoms with van der Waals surface area (Å²) >= 11 is 0. The van der Waals surface area contributed by atoms with Gasteiger partial charge in [0.15, 0.2) is 0 Å². The SMILES string of the molecule is CC.CC.Cc1ccc(N)cc1C.Cc1ccccc1. The Bertz CT molecular complexity index is 433. The van der Waals surface area contributed by atoms with E-state index in [1.165, 1.54) is 16.7 Å². The average molecular weight is 273 g/mol. The molecule has 2 N–H and O–H groups in total. The summed E-state index contributed by atoms with van der Waals surface area (Å²) in [6.45, 7) is 14.2. The third-order valence-corrected chi connectivity index (χ3v) is 2.47. The molecule has 0 fully saturated rings. The number of anilines is 1. The van der Waals surface area contributed by atoms with E-state index in [1.807, 2.05) is 64.1 Å². The van der Waals surface area contributed by atoms with E-state index >= 15 is 0 Å². The highest BCUT2D eigenvalue weighted by atomic mass is 14.5. The van der Waals surface area contributed by atoms with Gasteiger partial charge < -0.3 is 5.73 Å². The number of hydrogen-bond acceptors (Lipinski definition) is 1. The molecule has 2 aromatic carbocycles. The maximum Gasteiger partial charge on any atom is 0.0316 e. The molecule has 1 nitrogen and oxygen atoms in total. The van der Waals surface area contributed by atoms with Gasteiger partial charge in [-0.2, -0.15) is 0 Å². The van der Waals surface area contributed by atoms with Gasteiger partial charge >= 0.3 is 0 Å². The summed E-state index contributed by atoms with van der Waals surface area (Å²) in [5.74, 6) is 0. The molecule has 0 bridgehead atoms. The molecule has 20 heavy (non-hydrogen) atoms. The fourth-order valence-corrected chi connectivity index (χ4v) is 1.30. The van der Waals surface area contributed by atoms with Gasteiger partial charge in [0.25, 0.3) is 0 Å². The third kappa shape index (κ3) is 10.2.